The second kappa shape index (κ2) is 8.39. The molecule has 0 amide bonds. The van der Waals surface area contributed by atoms with Gasteiger partial charge in [-0.2, -0.15) is 5.10 Å². The third kappa shape index (κ3) is 3.89. The van der Waals surface area contributed by atoms with Crippen LogP contribution in [0.5, 0.6) is 0 Å². The minimum absolute atomic E-state index is 0.279. The normalized spacial score (nSPS) is 11.4. The number of esters is 1. The molecule has 0 unspecified atom stereocenters. The number of aliphatic imine (C=N–C) groups is 1. The molecule has 0 radical (unpaired) electrons. The zero-order chi connectivity index (χ0) is 22.0. The maximum absolute atomic E-state index is 12.5. The van der Waals surface area contributed by atoms with E-state index in [1.165, 1.54) is 0 Å². The predicted molar refractivity (Wildman–Crippen MR) is 119 cm³/mol. The number of benzene rings is 1. The SMILES string of the molecule is CCOC(=O)c1ccn(-c2nc(C)nc3c2cnn3-c2ccccc2)c1N=CN(C)C. The maximum Gasteiger partial charge on any atom is 0.341 e. The molecule has 9 nitrogen and oxygen atoms in total. The molecule has 4 aromatic rings. The highest BCUT2D eigenvalue weighted by atomic mass is 16.5. The molecular formula is C22H23N7O2. The summed E-state index contributed by atoms with van der Waals surface area (Å²) in [4.78, 5) is 28.1. The molecule has 3 heterocycles. The molecule has 1 aromatic carbocycles. The van der Waals surface area contributed by atoms with Gasteiger partial charge >= 0.3 is 5.97 Å². The van der Waals surface area contributed by atoms with E-state index in [2.05, 4.69) is 20.1 Å². The van der Waals surface area contributed by atoms with Crippen molar-refractivity contribution in [1.82, 2.24) is 29.2 Å². The standard InChI is InChI=1S/C22H23N7O2/c1-5-31-22(30)17-11-12-28(19(17)23-14-27(3)4)20-18-13-24-29(16-9-7-6-8-10-16)21(18)26-15(2)25-20/h6-14H,5H2,1-4H3. The van der Waals surface area contributed by atoms with E-state index in [1.807, 2.05) is 51.4 Å². The number of fused-ring (bicyclic) bond motifs is 1. The Labute approximate surface area is 179 Å². The Kier molecular flexibility index (Phi) is 5.48. The van der Waals surface area contributed by atoms with Gasteiger partial charge in [0.25, 0.3) is 0 Å². The van der Waals surface area contributed by atoms with E-state index in [-0.39, 0.29) is 6.61 Å². The van der Waals surface area contributed by atoms with Crippen LogP contribution in [-0.4, -0.2) is 62.2 Å². The Hall–Kier alpha value is -4.01. The first-order valence-electron chi connectivity index (χ1n) is 9.87. The molecule has 0 aliphatic heterocycles. The van der Waals surface area contributed by atoms with Gasteiger partial charge in [0.1, 0.15) is 11.4 Å². The van der Waals surface area contributed by atoms with Gasteiger partial charge in [0.05, 0.1) is 30.2 Å². The smallest absolute Gasteiger partial charge is 0.341 e. The van der Waals surface area contributed by atoms with Crippen molar-refractivity contribution in [2.45, 2.75) is 13.8 Å². The van der Waals surface area contributed by atoms with Crippen LogP contribution >= 0.6 is 0 Å². The molecule has 0 N–H and O–H groups in total. The van der Waals surface area contributed by atoms with E-state index in [0.29, 0.717) is 28.7 Å². The number of para-hydroxylation sites is 1. The van der Waals surface area contributed by atoms with E-state index in [1.54, 1.807) is 45.9 Å². The highest BCUT2D eigenvalue weighted by Gasteiger charge is 2.21. The Morgan fingerprint density at radius 1 is 1.19 bits per heavy atom. The summed E-state index contributed by atoms with van der Waals surface area (Å²) in [6.07, 6.45) is 5.11. The van der Waals surface area contributed by atoms with Crippen LogP contribution in [0.1, 0.15) is 23.1 Å². The zero-order valence-electron chi connectivity index (χ0n) is 17.9. The minimum Gasteiger partial charge on any atom is -0.462 e. The van der Waals surface area contributed by atoms with Gasteiger partial charge in [0, 0.05) is 20.3 Å². The number of hydrogen-bond donors (Lipinski definition) is 0. The van der Waals surface area contributed by atoms with Gasteiger partial charge in [-0.15, -0.1) is 0 Å². The van der Waals surface area contributed by atoms with Gasteiger partial charge < -0.3 is 9.64 Å². The van der Waals surface area contributed by atoms with Gasteiger partial charge in [-0.1, -0.05) is 18.2 Å². The first-order valence-corrected chi connectivity index (χ1v) is 9.87. The molecule has 0 spiro atoms. The highest BCUT2D eigenvalue weighted by Crippen LogP contribution is 2.29. The van der Waals surface area contributed by atoms with Crippen LogP contribution in [0.15, 0.2) is 53.8 Å². The lowest BCUT2D eigenvalue weighted by Crippen LogP contribution is -2.09. The van der Waals surface area contributed by atoms with Gasteiger partial charge in [-0.05, 0) is 32.0 Å². The molecule has 0 bridgehead atoms. The molecular weight excluding hydrogens is 394 g/mol. The first kappa shape index (κ1) is 20.3. The molecule has 31 heavy (non-hydrogen) atoms. The fourth-order valence-corrected chi connectivity index (χ4v) is 3.21. The van der Waals surface area contributed by atoms with Crippen molar-refractivity contribution in [2.24, 2.45) is 4.99 Å². The first-order chi connectivity index (χ1) is 15.0. The minimum atomic E-state index is -0.436. The van der Waals surface area contributed by atoms with Crippen molar-refractivity contribution in [2.75, 3.05) is 20.7 Å². The number of rotatable bonds is 6. The molecule has 0 aliphatic rings. The lowest BCUT2D eigenvalue weighted by atomic mass is 10.3. The average Bonchev–Trinajstić information content (AvgIpc) is 3.36. The summed E-state index contributed by atoms with van der Waals surface area (Å²) < 4.78 is 8.74. The molecule has 4 rings (SSSR count). The van der Waals surface area contributed by atoms with Gasteiger partial charge in [-0.25, -0.2) is 24.4 Å². The summed E-state index contributed by atoms with van der Waals surface area (Å²) in [5, 5.41) is 5.27. The third-order valence-electron chi connectivity index (χ3n) is 4.51. The monoisotopic (exact) mass is 417 g/mol. The van der Waals surface area contributed by atoms with Crippen molar-refractivity contribution in [3.05, 3.63) is 60.2 Å². The van der Waals surface area contributed by atoms with Gasteiger partial charge in [0.15, 0.2) is 17.3 Å². The maximum atomic E-state index is 12.5. The lowest BCUT2D eigenvalue weighted by molar-refractivity contribution is 0.0527. The molecule has 0 atom stereocenters. The number of ether oxygens (including phenoxy) is 1. The van der Waals surface area contributed by atoms with Crippen molar-refractivity contribution in [3.63, 3.8) is 0 Å². The van der Waals surface area contributed by atoms with E-state index in [4.69, 9.17) is 4.74 Å². The Balaban J connectivity index is 1.93. The second-order valence-corrected chi connectivity index (χ2v) is 7.08. The van der Waals surface area contributed by atoms with Crippen LogP contribution in [-0.2, 0) is 4.74 Å². The summed E-state index contributed by atoms with van der Waals surface area (Å²) in [6, 6.07) is 11.5. The number of aromatic nitrogens is 5. The second-order valence-electron chi connectivity index (χ2n) is 7.08. The topological polar surface area (TPSA) is 90.4 Å². The van der Waals surface area contributed by atoms with Crippen LogP contribution in [0.25, 0.3) is 22.5 Å². The Bertz CT molecular complexity index is 1260. The van der Waals surface area contributed by atoms with Crippen molar-refractivity contribution in [3.8, 4) is 11.5 Å². The molecule has 0 saturated heterocycles. The van der Waals surface area contributed by atoms with Crippen LogP contribution in [0, 0.1) is 6.92 Å². The zero-order valence-corrected chi connectivity index (χ0v) is 17.9. The summed E-state index contributed by atoms with van der Waals surface area (Å²) in [5.41, 5.74) is 1.93. The third-order valence-corrected chi connectivity index (χ3v) is 4.51. The summed E-state index contributed by atoms with van der Waals surface area (Å²) in [5.74, 6) is 1.16. The van der Waals surface area contributed by atoms with Crippen molar-refractivity contribution < 1.29 is 9.53 Å². The molecule has 9 heteroatoms. The average molecular weight is 417 g/mol. The van der Waals surface area contributed by atoms with Crippen LogP contribution in [0.2, 0.25) is 0 Å². The number of aryl methyl sites for hydroxylation is 1. The lowest BCUT2D eigenvalue weighted by Gasteiger charge is -2.10. The fraction of sp³-hybridized carbons (Fsp3) is 0.227. The molecule has 158 valence electrons. The van der Waals surface area contributed by atoms with Crippen LogP contribution in [0.3, 0.4) is 0 Å². The van der Waals surface area contributed by atoms with E-state index >= 15 is 0 Å². The fourth-order valence-electron chi connectivity index (χ4n) is 3.21. The predicted octanol–water partition coefficient (Wildman–Crippen LogP) is 3.31. The number of carbonyl (C=O) groups is 1. The summed E-state index contributed by atoms with van der Waals surface area (Å²) in [7, 11) is 3.72. The van der Waals surface area contributed by atoms with E-state index in [9.17, 15) is 4.79 Å². The highest BCUT2D eigenvalue weighted by molar-refractivity contribution is 5.96. The number of nitrogens with zero attached hydrogens (tertiary/aromatic N) is 7. The Morgan fingerprint density at radius 2 is 1.97 bits per heavy atom. The number of carbonyl (C=O) groups excluding carboxylic acids is 1. The van der Waals surface area contributed by atoms with E-state index < -0.39 is 5.97 Å². The largest absolute Gasteiger partial charge is 0.462 e. The molecule has 0 fully saturated rings. The molecule has 0 aliphatic carbocycles. The van der Waals surface area contributed by atoms with Crippen LogP contribution < -0.4 is 0 Å². The Morgan fingerprint density at radius 3 is 2.68 bits per heavy atom. The van der Waals surface area contributed by atoms with E-state index in [0.717, 1.165) is 11.1 Å². The molecule has 0 saturated carbocycles. The number of hydrogen-bond acceptors (Lipinski definition) is 6. The van der Waals surface area contributed by atoms with Gasteiger partial charge in [0.2, 0.25) is 0 Å². The molecule has 3 aromatic heterocycles. The van der Waals surface area contributed by atoms with Crippen LogP contribution in [0.4, 0.5) is 5.82 Å². The summed E-state index contributed by atoms with van der Waals surface area (Å²) in [6.45, 7) is 3.87. The van der Waals surface area contributed by atoms with Crippen molar-refractivity contribution >= 4 is 29.2 Å². The quantitative estimate of drug-likeness (QED) is 0.272. The summed E-state index contributed by atoms with van der Waals surface area (Å²) >= 11 is 0. The van der Waals surface area contributed by atoms with Gasteiger partial charge in [-0.3, -0.25) is 4.57 Å². The van der Waals surface area contributed by atoms with Crippen molar-refractivity contribution in [1.29, 1.82) is 0 Å².